The fourth-order valence-corrected chi connectivity index (χ4v) is 1.97. The van der Waals surface area contributed by atoms with Gasteiger partial charge in [0.25, 0.3) is 0 Å². The van der Waals surface area contributed by atoms with Crippen LogP contribution in [0.5, 0.6) is 5.75 Å². The smallest absolute Gasteiger partial charge is 0.119 e. The van der Waals surface area contributed by atoms with Crippen LogP contribution in [0.2, 0.25) is 0 Å². The number of rotatable bonds is 4. The van der Waals surface area contributed by atoms with Crippen molar-refractivity contribution in [2.45, 2.75) is 25.1 Å². The number of alkyl halides is 1. The molecule has 0 amide bonds. The number of ether oxygens (including phenoxy) is 1. The third-order valence-corrected chi connectivity index (χ3v) is 3.15. The van der Waals surface area contributed by atoms with Crippen LogP contribution < -0.4 is 4.74 Å². The van der Waals surface area contributed by atoms with Crippen molar-refractivity contribution in [2.24, 2.45) is 5.92 Å². The van der Waals surface area contributed by atoms with Crippen LogP contribution in [0.3, 0.4) is 0 Å². The van der Waals surface area contributed by atoms with Gasteiger partial charge in [-0.3, -0.25) is 0 Å². The molecule has 1 aromatic rings. The monoisotopic (exact) mass is 210 g/mol. The molecule has 0 saturated heterocycles. The zero-order valence-electron chi connectivity index (χ0n) is 8.37. The molecule has 2 heteroatoms. The van der Waals surface area contributed by atoms with Crippen LogP contribution >= 0.6 is 11.6 Å². The van der Waals surface area contributed by atoms with Gasteiger partial charge in [-0.25, -0.2) is 0 Å². The van der Waals surface area contributed by atoms with Crippen LogP contribution in [0.15, 0.2) is 24.3 Å². The van der Waals surface area contributed by atoms with Gasteiger partial charge < -0.3 is 4.74 Å². The topological polar surface area (TPSA) is 9.23 Å². The normalized spacial score (nSPS) is 17.9. The molecule has 1 aromatic carbocycles. The predicted octanol–water partition coefficient (Wildman–Crippen LogP) is 3.78. The van der Waals surface area contributed by atoms with Crippen molar-refractivity contribution in [2.75, 3.05) is 6.61 Å². The van der Waals surface area contributed by atoms with Gasteiger partial charge >= 0.3 is 0 Å². The second kappa shape index (κ2) is 4.22. The minimum Gasteiger partial charge on any atom is -0.494 e. The molecule has 0 bridgehead atoms. The van der Waals surface area contributed by atoms with E-state index in [1.54, 1.807) is 0 Å². The van der Waals surface area contributed by atoms with E-state index in [1.165, 1.54) is 18.4 Å². The quantitative estimate of drug-likeness (QED) is 0.688. The summed E-state index contributed by atoms with van der Waals surface area (Å²) in [5.74, 6) is 1.63. The molecule has 1 fully saturated rings. The maximum absolute atomic E-state index is 6.29. The van der Waals surface area contributed by atoms with E-state index >= 15 is 0 Å². The van der Waals surface area contributed by atoms with Gasteiger partial charge in [-0.2, -0.15) is 0 Å². The molecule has 1 atom stereocenters. The first kappa shape index (κ1) is 9.85. The van der Waals surface area contributed by atoms with Crippen molar-refractivity contribution in [1.29, 1.82) is 0 Å². The third kappa shape index (κ3) is 2.21. The SMILES string of the molecule is CCOc1ccc(C(Cl)C2CC2)cc1. The maximum Gasteiger partial charge on any atom is 0.119 e. The van der Waals surface area contributed by atoms with Crippen molar-refractivity contribution >= 4 is 11.6 Å². The molecule has 0 radical (unpaired) electrons. The second-order valence-corrected chi connectivity index (χ2v) is 4.21. The maximum atomic E-state index is 6.29. The lowest BCUT2D eigenvalue weighted by molar-refractivity contribution is 0.340. The van der Waals surface area contributed by atoms with Crippen LogP contribution in [0.4, 0.5) is 0 Å². The molecule has 1 nitrogen and oxygen atoms in total. The van der Waals surface area contributed by atoms with Gasteiger partial charge in [0.2, 0.25) is 0 Å². The Balaban J connectivity index is 2.04. The van der Waals surface area contributed by atoms with E-state index in [0.717, 1.165) is 5.75 Å². The van der Waals surface area contributed by atoms with Gasteiger partial charge in [-0.05, 0) is 43.4 Å². The van der Waals surface area contributed by atoms with Crippen LogP contribution in [0.25, 0.3) is 0 Å². The summed E-state index contributed by atoms with van der Waals surface area (Å²) >= 11 is 6.29. The van der Waals surface area contributed by atoms with Gasteiger partial charge in [0, 0.05) is 0 Å². The molecule has 1 aliphatic carbocycles. The first-order chi connectivity index (χ1) is 6.81. The molecule has 0 aliphatic heterocycles. The Morgan fingerprint density at radius 3 is 2.50 bits per heavy atom. The van der Waals surface area contributed by atoms with Crippen LogP contribution in [0.1, 0.15) is 30.7 Å². The molecule has 0 aromatic heterocycles. The van der Waals surface area contributed by atoms with Crippen molar-refractivity contribution in [3.05, 3.63) is 29.8 Å². The molecule has 0 N–H and O–H groups in total. The molecule has 1 saturated carbocycles. The molecule has 2 rings (SSSR count). The van der Waals surface area contributed by atoms with Crippen molar-refractivity contribution in [3.63, 3.8) is 0 Å². The Labute approximate surface area is 90.0 Å². The van der Waals surface area contributed by atoms with E-state index in [-0.39, 0.29) is 5.38 Å². The minimum absolute atomic E-state index is 0.200. The molecule has 14 heavy (non-hydrogen) atoms. The summed E-state index contributed by atoms with van der Waals surface area (Å²) in [4.78, 5) is 0. The van der Waals surface area contributed by atoms with Crippen molar-refractivity contribution in [1.82, 2.24) is 0 Å². The van der Waals surface area contributed by atoms with E-state index < -0.39 is 0 Å². The molecule has 1 unspecified atom stereocenters. The van der Waals surface area contributed by atoms with Crippen LogP contribution in [-0.2, 0) is 0 Å². The van der Waals surface area contributed by atoms with E-state index in [0.29, 0.717) is 12.5 Å². The second-order valence-electron chi connectivity index (χ2n) is 3.74. The zero-order valence-corrected chi connectivity index (χ0v) is 9.13. The molecule has 0 heterocycles. The third-order valence-electron chi connectivity index (χ3n) is 2.55. The summed E-state index contributed by atoms with van der Waals surface area (Å²) in [6, 6.07) is 8.13. The molecule has 1 aliphatic rings. The minimum atomic E-state index is 0.200. The number of hydrogen-bond donors (Lipinski definition) is 0. The molecular formula is C12H15ClO. The summed E-state index contributed by atoms with van der Waals surface area (Å²) in [6.07, 6.45) is 2.56. The first-order valence-electron chi connectivity index (χ1n) is 5.18. The highest BCUT2D eigenvalue weighted by molar-refractivity contribution is 6.21. The fraction of sp³-hybridized carbons (Fsp3) is 0.500. The average Bonchev–Trinajstić information content (AvgIpc) is 3.02. The largest absolute Gasteiger partial charge is 0.494 e. The number of halogens is 1. The molecule has 76 valence electrons. The van der Waals surface area contributed by atoms with E-state index in [2.05, 4.69) is 12.1 Å². The summed E-state index contributed by atoms with van der Waals surface area (Å²) in [5.41, 5.74) is 1.22. The van der Waals surface area contributed by atoms with Crippen molar-refractivity contribution < 1.29 is 4.74 Å². The summed E-state index contributed by atoms with van der Waals surface area (Å²) in [6.45, 7) is 2.70. The fourth-order valence-electron chi connectivity index (χ4n) is 1.58. The first-order valence-corrected chi connectivity index (χ1v) is 5.61. The summed E-state index contributed by atoms with van der Waals surface area (Å²) < 4.78 is 5.37. The number of hydrogen-bond acceptors (Lipinski definition) is 1. The summed E-state index contributed by atoms with van der Waals surface area (Å²) in [5, 5.41) is 0.200. The highest BCUT2D eigenvalue weighted by Crippen LogP contribution is 2.45. The Morgan fingerprint density at radius 1 is 1.36 bits per heavy atom. The Morgan fingerprint density at radius 2 is 2.00 bits per heavy atom. The lowest BCUT2D eigenvalue weighted by Gasteiger charge is -2.09. The Kier molecular flexibility index (Phi) is 2.97. The molecule has 0 spiro atoms. The van der Waals surface area contributed by atoms with Gasteiger partial charge in [0.1, 0.15) is 5.75 Å². The van der Waals surface area contributed by atoms with Gasteiger partial charge in [-0.15, -0.1) is 11.6 Å². The zero-order chi connectivity index (χ0) is 9.97. The highest BCUT2D eigenvalue weighted by atomic mass is 35.5. The van der Waals surface area contributed by atoms with Gasteiger partial charge in [0.05, 0.1) is 12.0 Å². The van der Waals surface area contributed by atoms with Crippen molar-refractivity contribution in [3.8, 4) is 5.75 Å². The summed E-state index contributed by atoms with van der Waals surface area (Å²) in [7, 11) is 0. The Hall–Kier alpha value is -0.690. The predicted molar refractivity (Wildman–Crippen MR) is 58.9 cm³/mol. The molecular weight excluding hydrogens is 196 g/mol. The lowest BCUT2D eigenvalue weighted by atomic mass is 10.1. The number of benzene rings is 1. The van der Waals surface area contributed by atoms with Gasteiger partial charge in [0.15, 0.2) is 0 Å². The van der Waals surface area contributed by atoms with Crippen LogP contribution in [-0.4, -0.2) is 6.61 Å². The van der Waals surface area contributed by atoms with Gasteiger partial charge in [-0.1, -0.05) is 12.1 Å². The van der Waals surface area contributed by atoms with E-state index in [4.69, 9.17) is 16.3 Å². The standard InChI is InChI=1S/C12H15ClO/c1-2-14-11-7-5-10(6-8-11)12(13)9-3-4-9/h5-9,12H,2-4H2,1H3. The average molecular weight is 211 g/mol. The van der Waals surface area contributed by atoms with E-state index in [9.17, 15) is 0 Å². The van der Waals surface area contributed by atoms with Crippen LogP contribution in [0, 0.1) is 5.92 Å². The Bertz CT molecular complexity index is 290. The van der Waals surface area contributed by atoms with E-state index in [1.807, 2.05) is 19.1 Å². The lowest BCUT2D eigenvalue weighted by Crippen LogP contribution is -1.94. The highest BCUT2D eigenvalue weighted by Gasteiger charge is 2.30.